The van der Waals surface area contributed by atoms with Gasteiger partial charge < -0.3 is 14.8 Å². The average Bonchev–Trinajstić information content (AvgIpc) is 2.81. The van der Waals surface area contributed by atoms with Gasteiger partial charge in [0.2, 0.25) is 0 Å². The largest absolute Gasteiger partial charge is 0.497 e. The van der Waals surface area contributed by atoms with Gasteiger partial charge >= 0.3 is 0 Å². The highest BCUT2D eigenvalue weighted by molar-refractivity contribution is 5.37. The molecular formula is C12H14N2O2. The number of methoxy groups -OCH3 is 1. The maximum absolute atomic E-state index is 10.1. The molecule has 4 heteroatoms. The Labute approximate surface area is 93.9 Å². The fraction of sp³-hybridized carbons (Fsp3) is 0.250. The maximum Gasteiger partial charge on any atom is 0.139 e. The van der Waals surface area contributed by atoms with Crippen LogP contribution in [0.15, 0.2) is 30.6 Å². The third-order valence-corrected chi connectivity index (χ3v) is 2.55. The number of ether oxygens (including phenoxy) is 1. The molecule has 0 radical (unpaired) electrons. The van der Waals surface area contributed by atoms with E-state index in [1.165, 1.54) is 0 Å². The van der Waals surface area contributed by atoms with Crippen LogP contribution < -0.4 is 4.74 Å². The maximum atomic E-state index is 10.1. The van der Waals surface area contributed by atoms with Gasteiger partial charge in [-0.1, -0.05) is 6.07 Å². The first-order valence-corrected chi connectivity index (χ1v) is 5.04. The van der Waals surface area contributed by atoms with Crippen LogP contribution in [0.5, 0.6) is 5.75 Å². The lowest BCUT2D eigenvalue weighted by atomic mass is 10.0. The molecule has 84 valence electrons. The molecule has 1 aromatic heterocycles. The van der Waals surface area contributed by atoms with E-state index in [4.69, 9.17) is 4.74 Å². The Morgan fingerprint density at radius 3 is 2.81 bits per heavy atom. The zero-order valence-corrected chi connectivity index (χ0v) is 9.27. The van der Waals surface area contributed by atoms with Crippen molar-refractivity contribution < 1.29 is 9.84 Å². The van der Waals surface area contributed by atoms with Crippen molar-refractivity contribution in [3.63, 3.8) is 0 Å². The summed E-state index contributed by atoms with van der Waals surface area (Å²) in [5.41, 5.74) is 1.80. The highest BCUT2D eigenvalue weighted by atomic mass is 16.5. The summed E-state index contributed by atoms with van der Waals surface area (Å²) in [5, 5.41) is 10.1. The lowest BCUT2D eigenvalue weighted by Gasteiger charge is -2.12. The molecule has 1 heterocycles. The third-order valence-electron chi connectivity index (χ3n) is 2.55. The second kappa shape index (κ2) is 4.37. The molecule has 0 saturated carbocycles. The molecule has 0 amide bonds. The van der Waals surface area contributed by atoms with Gasteiger partial charge in [-0.25, -0.2) is 4.98 Å². The number of hydrogen-bond donors (Lipinski definition) is 2. The Hall–Kier alpha value is -1.81. The molecule has 0 aliphatic heterocycles. The number of H-pyrrole nitrogens is 1. The lowest BCUT2D eigenvalue weighted by molar-refractivity contribution is 0.210. The van der Waals surface area contributed by atoms with E-state index in [1.54, 1.807) is 19.5 Å². The van der Waals surface area contributed by atoms with Crippen molar-refractivity contribution in [2.45, 2.75) is 13.0 Å². The molecule has 0 spiro atoms. The molecule has 0 bridgehead atoms. The summed E-state index contributed by atoms with van der Waals surface area (Å²) in [6.07, 6.45) is 2.59. The van der Waals surface area contributed by atoms with E-state index in [1.807, 2.05) is 25.1 Å². The van der Waals surface area contributed by atoms with Crippen molar-refractivity contribution in [1.82, 2.24) is 9.97 Å². The van der Waals surface area contributed by atoms with Crippen molar-refractivity contribution >= 4 is 0 Å². The molecule has 2 N–H and O–H groups in total. The Bertz CT molecular complexity index is 466. The van der Waals surface area contributed by atoms with E-state index >= 15 is 0 Å². The van der Waals surface area contributed by atoms with E-state index in [-0.39, 0.29) is 0 Å². The number of hydrogen-bond acceptors (Lipinski definition) is 3. The van der Waals surface area contributed by atoms with Crippen molar-refractivity contribution in [3.8, 4) is 5.75 Å². The van der Waals surface area contributed by atoms with Crippen LogP contribution in [0.3, 0.4) is 0 Å². The van der Waals surface area contributed by atoms with Gasteiger partial charge in [0.15, 0.2) is 0 Å². The number of aliphatic hydroxyl groups is 1. The van der Waals surface area contributed by atoms with Gasteiger partial charge in [0.25, 0.3) is 0 Å². The molecule has 4 nitrogen and oxygen atoms in total. The van der Waals surface area contributed by atoms with Gasteiger partial charge in [0.1, 0.15) is 17.7 Å². The topological polar surface area (TPSA) is 58.1 Å². The van der Waals surface area contributed by atoms with Crippen LogP contribution in [0.2, 0.25) is 0 Å². The molecule has 1 aromatic carbocycles. The second-order valence-corrected chi connectivity index (χ2v) is 3.60. The van der Waals surface area contributed by atoms with Crippen LogP contribution >= 0.6 is 0 Å². The van der Waals surface area contributed by atoms with Gasteiger partial charge in [-0.15, -0.1) is 0 Å². The van der Waals surface area contributed by atoms with Gasteiger partial charge in [-0.3, -0.25) is 0 Å². The monoisotopic (exact) mass is 218 g/mol. The predicted molar refractivity (Wildman–Crippen MR) is 60.4 cm³/mol. The summed E-state index contributed by atoms with van der Waals surface area (Å²) in [5.74, 6) is 1.33. The number of imidazole rings is 1. The summed E-state index contributed by atoms with van der Waals surface area (Å²) in [6, 6.07) is 5.57. The van der Waals surface area contributed by atoms with Crippen LogP contribution in [0, 0.1) is 6.92 Å². The zero-order valence-electron chi connectivity index (χ0n) is 9.27. The van der Waals surface area contributed by atoms with Crippen LogP contribution in [-0.4, -0.2) is 22.2 Å². The van der Waals surface area contributed by atoms with E-state index < -0.39 is 6.10 Å². The number of aryl methyl sites for hydroxylation is 1. The molecule has 2 rings (SSSR count). The zero-order chi connectivity index (χ0) is 11.5. The summed E-state index contributed by atoms with van der Waals surface area (Å²) in [4.78, 5) is 6.94. The number of rotatable bonds is 3. The Morgan fingerprint density at radius 2 is 2.25 bits per heavy atom. The Morgan fingerprint density at radius 1 is 1.44 bits per heavy atom. The van der Waals surface area contributed by atoms with Crippen LogP contribution in [0.1, 0.15) is 23.1 Å². The molecule has 16 heavy (non-hydrogen) atoms. The first kappa shape index (κ1) is 10.7. The highest BCUT2D eigenvalue weighted by Crippen LogP contribution is 2.25. The van der Waals surface area contributed by atoms with Crippen LogP contribution in [0.25, 0.3) is 0 Å². The minimum absolute atomic E-state index is 0.549. The van der Waals surface area contributed by atoms with Gasteiger partial charge in [-0.05, 0) is 30.2 Å². The first-order chi connectivity index (χ1) is 7.72. The molecule has 0 aliphatic carbocycles. The van der Waals surface area contributed by atoms with Crippen LogP contribution in [0.4, 0.5) is 0 Å². The number of nitrogens with zero attached hydrogens (tertiary/aromatic N) is 1. The second-order valence-electron chi connectivity index (χ2n) is 3.60. The smallest absolute Gasteiger partial charge is 0.139 e. The molecule has 1 atom stereocenters. The average molecular weight is 218 g/mol. The third kappa shape index (κ3) is 1.92. The number of benzene rings is 1. The molecule has 0 fully saturated rings. The molecule has 1 unspecified atom stereocenters. The highest BCUT2D eigenvalue weighted by Gasteiger charge is 2.15. The van der Waals surface area contributed by atoms with Crippen molar-refractivity contribution in [2.75, 3.05) is 7.11 Å². The fourth-order valence-electron chi connectivity index (χ4n) is 1.66. The van der Waals surface area contributed by atoms with E-state index in [2.05, 4.69) is 9.97 Å². The minimum atomic E-state index is -0.721. The van der Waals surface area contributed by atoms with Crippen LogP contribution in [-0.2, 0) is 0 Å². The molecule has 0 saturated heterocycles. The Kier molecular flexibility index (Phi) is 2.92. The molecule has 0 aliphatic rings. The number of aromatic nitrogens is 2. The quantitative estimate of drug-likeness (QED) is 0.826. The molecular weight excluding hydrogens is 204 g/mol. The lowest BCUT2D eigenvalue weighted by Crippen LogP contribution is -2.04. The SMILES string of the molecule is COc1ccc(C(O)c2ncc[nH]2)c(C)c1. The predicted octanol–water partition coefficient (Wildman–Crippen LogP) is 1.81. The summed E-state index contributed by atoms with van der Waals surface area (Å²) in [7, 11) is 1.62. The Balaban J connectivity index is 2.34. The first-order valence-electron chi connectivity index (χ1n) is 5.04. The van der Waals surface area contributed by atoms with Gasteiger partial charge in [0, 0.05) is 12.4 Å². The number of aliphatic hydroxyl groups excluding tert-OH is 1. The molecule has 2 aromatic rings. The summed E-state index contributed by atoms with van der Waals surface area (Å²) >= 11 is 0. The normalized spacial score (nSPS) is 12.4. The van der Waals surface area contributed by atoms with E-state index in [0.717, 1.165) is 16.9 Å². The number of aromatic amines is 1. The van der Waals surface area contributed by atoms with Crippen molar-refractivity contribution in [1.29, 1.82) is 0 Å². The van der Waals surface area contributed by atoms with Gasteiger partial charge in [-0.2, -0.15) is 0 Å². The summed E-state index contributed by atoms with van der Waals surface area (Å²) < 4.78 is 5.12. The van der Waals surface area contributed by atoms with Crippen molar-refractivity contribution in [3.05, 3.63) is 47.5 Å². The number of nitrogens with one attached hydrogen (secondary N) is 1. The fourth-order valence-corrected chi connectivity index (χ4v) is 1.66. The minimum Gasteiger partial charge on any atom is -0.497 e. The van der Waals surface area contributed by atoms with E-state index in [0.29, 0.717) is 5.82 Å². The standard InChI is InChI=1S/C12H14N2O2/c1-8-7-9(16-2)3-4-10(8)11(15)12-13-5-6-14-12/h3-7,11,15H,1-2H3,(H,13,14). The van der Waals surface area contributed by atoms with E-state index in [9.17, 15) is 5.11 Å². The van der Waals surface area contributed by atoms with Gasteiger partial charge in [0.05, 0.1) is 7.11 Å². The summed E-state index contributed by atoms with van der Waals surface area (Å²) in [6.45, 7) is 1.93. The van der Waals surface area contributed by atoms with Crippen molar-refractivity contribution in [2.24, 2.45) is 0 Å².